The quantitative estimate of drug-likeness (QED) is 0.462. The molecule has 0 aromatic carbocycles. The molecular weight excluding hydrogens is 406 g/mol. The fraction of sp³-hybridized carbons (Fsp3) is 0.700. The molecule has 1 aromatic heterocycles. The first-order valence-corrected chi connectivity index (χ1v) is 13.1. The van der Waals surface area contributed by atoms with Gasteiger partial charge < -0.3 is 0 Å². The molecular formula is C30H41NO2. The average Bonchev–Trinajstić information content (AvgIpc) is 3.11. The highest BCUT2D eigenvalue weighted by Crippen LogP contribution is 2.75. The fourth-order valence-corrected chi connectivity index (χ4v) is 9.85. The summed E-state index contributed by atoms with van der Waals surface area (Å²) < 4.78 is 0. The number of rotatable bonds is 2. The van der Waals surface area contributed by atoms with Gasteiger partial charge in [-0.1, -0.05) is 40.7 Å². The third kappa shape index (κ3) is 3.03. The topological polar surface area (TPSA) is 47.0 Å². The van der Waals surface area contributed by atoms with Gasteiger partial charge in [-0.15, -0.1) is 0 Å². The summed E-state index contributed by atoms with van der Waals surface area (Å²) in [5.41, 5.74) is 2.02. The van der Waals surface area contributed by atoms with Crippen molar-refractivity contribution in [2.45, 2.75) is 86.5 Å². The third-order valence-corrected chi connectivity index (χ3v) is 11.5. The van der Waals surface area contributed by atoms with Gasteiger partial charge in [0.25, 0.3) is 0 Å². The Morgan fingerprint density at radius 2 is 1.70 bits per heavy atom. The molecule has 4 aliphatic carbocycles. The van der Waals surface area contributed by atoms with Crippen molar-refractivity contribution in [1.29, 1.82) is 0 Å². The lowest BCUT2D eigenvalue weighted by Crippen LogP contribution is -2.63. The Morgan fingerprint density at radius 1 is 0.970 bits per heavy atom. The number of aromatic nitrogens is 1. The van der Waals surface area contributed by atoms with E-state index in [2.05, 4.69) is 45.7 Å². The van der Waals surface area contributed by atoms with Crippen molar-refractivity contribution in [3.8, 4) is 0 Å². The minimum absolute atomic E-state index is 0.0906. The van der Waals surface area contributed by atoms with Gasteiger partial charge in [0.1, 0.15) is 5.78 Å². The second-order valence-corrected chi connectivity index (χ2v) is 13.1. The van der Waals surface area contributed by atoms with Crippen LogP contribution in [0.5, 0.6) is 0 Å². The second-order valence-electron chi connectivity index (χ2n) is 13.1. The smallest absolute Gasteiger partial charge is 0.164 e. The number of hydrogen-bond donors (Lipinski definition) is 0. The van der Waals surface area contributed by atoms with E-state index in [0.717, 1.165) is 37.0 Å². The normalized spacial score (nSPS) is 45.3. The Morgan fingerprint density at radius 3 is 2.36 bits per heavy atom. The van der Waals surface area contributed by atoms with Crippen LogP contribution in [0, 0.1) is 45.3 Å². The molecule has 4 saturated carbocycles. The molecule has 178 valence electrons. The molecule has 0 radical (unpaired) electrons. The summed E-state index contributed by atoms with van der Waals surface area (Å²) in [6.45, 7) is 13.8. The SMILES string of the molecule is CC(=O)[C@H]1CC[C@]2(C)[C@@H]1CC[C@@H]1[C@@]3(C)C/C(=C/c4ccccn4)C(=O)C(C)(C)[C@@H]3CC[C@]12C. The summed E-state index contributed by atoms with van der Waals surface area (Å²) in [5, 5.41) is 0. The number of carbonyl (C=O) groups excluding carboxylic acids is 2. The van der Waals surface area contributed by atoms with E-state index in [9.17, 15) is 9.59 Å². The molecule has 5 rings (SSSR count). The molecule has 0 N–H and O–H groups in total. The van der Waals surface area contributed by atoms with Crippen LogP contribution in [-0.4, -0.2) is 16.6 Å². The van der Waals surface area contributed by atoms with E-state index in [0.29, 0.717) is 29.3 Å². The van der Waals surface area contributed by atoms with E-state index in [-0.39, 0.29) is 27.6 Å². The van der Waals surface area contributed by atoms with Crippen LogP contribution < -0.4 is 0 Å². The first-order valence-electron chi connectivity index (χ1n) is 13.1. The monoisotopic (exact) mass is 447 g/mol. The van der Waals surface area contributed by atoms with Gasteiger partial charge in [0, 0.05) is 17.5 Å². The largest absolute Gasteiger partial charge is 0.300 e. The summed E-state index contributed by atoms with van der Waals surface area (Å²) in [6, 6.07) is 5.92. The number of carbonyl (C=O) groups is 2. The predicted octanol–water partition coefficient (Wildman–Crippen LogP) is 6.92. The summed E-state index contributed by atoms with van der Waals surface area (Å²) in [5.74, 6) is 2.48. The van der Waals surface area contributed by atoms with Crippen molar-refractivity contribution in [3.63, 3.8) is 0 Å². The first kappa shape index (κ1) is 23.0. The van der Waals surface area contributed by atoms with E-state index in [1.165, 1.54) is 19.3 Å². The number of hydrogen-bond acceptors (Lipinski definition) is 3. The van der Waals surface area contributed by atoms with Crippen LogP contribution in [-0.2, 0) is 9.59 Å². The van der Waals surface area contributed by atoms with E-state index < -0.39 is 0 Å². The minimum Gasteiger partial charge on any atom is -0.300 e. The highest BCUT2D eigenvalue weighted by Gasteiger charge is 2.69. The summed E-state index contributed by atoms with van der Waals surface area (Å²) >= 11 is 0. The van der Waals surface area contributed by atoms with Crippen molar-refractivity contribution in [2.24, 2.45) is 45.3 Å². The van der Waals surface area contributed by atoms with Gasteiger partial charge in [-0.2, -0.15) is 0 Å². The summed E-state index contributed by atoms with van der Waals surface area (Å²) in [6.07, 6.45) is 11.6. The molecule has 3 nitrogen and oxygen atoms in total. The number of nitrogens with zero attached hydrogens (tertiary/aromatic N) is 1. The molecule has 0 spiro atoms. The van der Waals surface area contributed by atoms with E-state index in [4.69, 9.17) is 0 Å². The molecule has 1 heterocycles. The highest BCUT2D eigenvalue weighted by atomic mass is 16.1. The Kier molecular flexibility index (Phi) is 5.13. The maximum Gasteiger partial charge on any atom is 0.164 e. The molecule has 1 aromatic rings. The Bertz CT molecular complexity index is 1010. The van der Waals surface area contributed by atoms with Crippen LogP contribution in [0.2, 0.25) is 0 Å². The average molecular weight is 448 g/mol. The van der Waals surface area contributed by atoms with Gasteiger partial charge in [-0.25, -0.2) is 0 Å². The first-order chi connectivity index (χ1) is 15.4. The van der Waals surface area contributed by atoms with Gasteiger partial charge in [-0.05, 0) is 110 Å². The van der Waals surface area contributed by atoms with Crippen LogP contribution in [0.3, 0.4) is 0 Å². The molecule has 4 aliphatic rings. The molecule has 0 amide bonds. The van der Waals surface area contributed by atoms with Gasteiger partial charge >= 0.3 is 0 Å². The lowest BCUT2D eigenvalue weighted by atomic mass is 9.35. The van der Waals surface area contributed by atoms with Gasteiger partial charge in [0.2, 0.25) is 0 Å². The molecule has 0 saturated heterocycles. The standard InChI is InChI=1S/C30H41NO2/c1-19(32)22-12-14-29(5)23(22)10-11-25-28(4)18-20(17-21-9-7-8-16-31-21)26(33)27(2,3)24(28)13-15-30(25,29)6/h7-9,16-17,22-25H,10-15,18H2,1-6H3/b20-17-/t22-,23-,24+,25-,28+,29-,30-/m1/s1. The third-order valence-electron chi connectivity index (χ3n) is 11.5. The van der Waals surface area contributed by atoms with Crippen molar-refractivity contribution >= 4 is 17.6 Å². The van der Waals surface area contributed by atoms with Crippen LogP contribution in [0.15, 0.2) is 30.0 Å². The number of Topliss-reactive ketones (excluding diaryl/α,β-unsaturated/α-hetero) is 2. The van der Waals surface area contributed by atoms with Crippen LogP contribution in [0.25, 0.3) is 6.08 Å². The molecule has 0 unspecified atom stereocenters. The van der Waals surface area contributed by atoms with E-state index >= 15 is 0 Å². The van der Waals surface area contributed by atoms with Gasteiger partial charge in [0.15, 0.2) is 5.78 Å². The zero-order valence-corrected chi connectivity index (χ0v) is 21.4. The lowest BCUT2D eigenvalue weighted by Gasteiger charge is -2.69. The fourth-order valence-electron chi connectivity index (χ4n) is 9.85. The Labute approximate surface area is 199 Å². The Hall–Kier alpha value is -1.77. The van der Waals surface area contributed by atoms with Gasteiger partial charge in [-0.3, -0.25) is 14.6 Å². The van der Waals surface area contributed by atoms with Gasteiger partial charge in [0.05, 0.1) is 5.69 Å². The van der Waals surface area contributed by atoms with E-state index in [1.54, 1.807) is 6.20 Å². The van der Waals surface area contributed by atoms with Crippen molar-refractivity contribution < 1.29 is 9.59 Å². The number of fused-ring (bicyclic) bond motifs is 5. The molecule has 0 aliphatic heterocycles. The summed E-state index contributed by atoms with van der Waals surface area (Å²) in [4.78, 5) is 30.7. The lowest BCUT2D eigenvalue weighted by molar-refractivity contribution is -0.196. The second kappa shape index (κ2) is 7.36. The van der Waals surface area contributed by atoms with E-state index in [1.807, 2.05) is 25.1 Å². The molecule has 33 heavy (non-hydrogen) atoms. The van der Waals surface area contributed by atoms with Crippen LogP contribution in [0.4, 0.5) is 0 Å². The Balaban J connectivity index is 1.57. The number of pyridine rings is 1. The van der Waals surface area contributed by atoms with Crippen molar-refractivity contribution in [2.75, 3.05) is 0 Å². The van der Waals surface area contributed by atoms with Crippen molar-refractivity contribution in [1.82, 2.24) is 4.98 Å². The number of ketones is 2. The zero-order valence-electron chi connectivity index (χ0n) is 21.4. The molecule has 4 fully saturated rings. The number of allylic oxidation sites excluding steroid dienone is 1. The summed E-state index contributed by atoms with van der Waals surface area (Å²) in [7, 11) is 0. The maximum absolute atomic E-state index is 13.7. The molecule has 3 heteroatoms. The van der Waals surface area contributed by atoms with Crippen molar-refractivity contribution in [3.05, 3.63) is 35.7 Å². The highest BCUT2D eigenvalue weighted by molar-refractivity contribution is 6.04. The maximum atomic E-state index is 13.7. The van der Waals surface area contributed by atoms with Crippen LogP contribution >= 0.6 is 0 Å². The molecule has 7 atom stereocenters. The van der Waals surface area contributed by atoms with Crippen LogP contribution in [0.1, 0.15) is 92.2 Å². The molecule has 0 bridgehead atoms. The minimum atomic E-state index is -0.357. The predicted molar refractivity (Wildman–Crippen MR) is 132 cm³/mol. The zero-order chi connectivity index (χ0) is 23.8.